The summed E-state index contributed by atoms with van der Waals surface area (Å²) < 4.78 is 0. The third-order valence-electron chi connectivity index (χ3n) is 5.42. The van der Waals surface area contributed by atoms with Gasteiger partial charge in [-0.05, 0) is 31.4 Å². The fourth-order valence-corrected chi connectivity index (χ4v) is 3.72. The normalized spacial score (nSPS) is 25.4. The molecule has 1 saturated heterocycles. The van der Waals surface area contributed by atoms with E-state index in [2.05, 4.69) is 36.2 Å². The first-order chi connectivity index (χ1) is 11.1. The Morgan fingerprint density at radius 1 is 1.22 bits per heavy atom. The second-order valence-corrected chi connectivity index (χ2v) is 7.17. The molecule has 1 amide bonds. The first-order valence-corrected chi connectivity index (χ1v) is 8.83. The summed E-state index contributed by atoms with van der Waals surface area (Å²) in [5, 5.41) is 10.0. The molecule has 1 saturated carbocycles. The van der Waals surface area contributed by atoms with Crippen LogP contribution in [0.25, 0.3) is 0 Å². The van der Waals surface area contributed by atoms with E-state index < -0.39 is 0 Å². The maximum Gasteiger partial charge on any atom is 0.223 e. The first-order valence-electron chi connectivity index (χ1n) is 8.83. The summed E-state index contributed by atoms with van der Waals surface area (Å²) >= 11 is 0. The maximum atomic E-state index is 12.4. The molecule has 3 rings (SSSR count). The zero-order chi connectivity index (χ0) is 16.2. The Balaban J connectivity index is 1.42. The van der Waals surface area contributed by atoms with Crippen molar-refractivity contribution in [2.75, 3.05) is 20.1 Å². The molecule has 4 heteroatoms. The molecule has 1 aliphatic carbocycles. The summed E-state index contributed by atoms with van der Waals surface area (Å²) in [5.41, 5.74) is 1.31. The lowest BCUT2D eigenvalue weighted by molar-refractivity contribution is -0.140. The molecule has 0 aromatic heterocycles. The summed E-state index contributed by atoms with van der Waals surface area (Å²) in [6.07, 6.45) is 4.36. The van der Waals surface area contributed by atoms with Gasteiger partial charge in [0.05, 0.1) is 6.10 Å². The van der Waals surface area contributed by atoms with Gasteiger partial charge in [0.25, 0.3) is 0 Å². The molecule has 1 aromatic carbocycles. The van der Waals surface area contributed by atoms with E-state index in [0.29, 0.717) is 12.5 Å². The molecule has 1 heterocycles. The van der Waals surface area contributed by atoms with Crippen LogP contribution in [0.4, 0.5) is 0 Å². The van der Waals surface area contributed by atoms with Gasteiger partial charge < -0.3 is 10.0 Å². The molecule has 0 unspecified atom stereocenters. The fourth-order valence-electron chi connectivity index (χ4n) is 3.72. The summed E-state index contributed by atoms with van der Waals surface area (Å²) in [4.78, 5) is 16.6. The SMILES string of the molecule is CN(Cc1ccccc1)C1CN(C(=O)C[C@@H]2CCCC[C@H]2O)C1. The number of rotatable bonds is 5. The number of carbonyl (C=O) groups is 1. The van der Waals surface area contributed by atoms with Crippen LogP contribution in [-0.4, -0.2) is 53.1 Å². The zero-order valence-electron chi connectivity index (χ0n) is 14.0. The van der Waals surface area contributed by atoms with Crippen LogP contribution >= 0.6 is 0 Å². The molecule has 2 aliphatic rings. The lowest BCUT2D eigenvalue weighted by Crippen LogP contribution is -2.60. The Morgan fingerprint density at radius 2 is 1.91 bits per heavy atom. The number of carbonyl (C=O) groups excluding carboxylic acids is 1. The van der Waals surface area contributed by atoms with E-state index in [0.717, 1.165) is 45.3 Å². The summed E-state index contributed by atoms with van der Waals surface area (Å²) in [7, 11) is 2.13. The molecule has 0 bridgehead atoms. The molecule has 1 aromatic rings. The predicted molar refractivity (Wildman–Crippen MR) is 90.9 cm³/mol. The van der Waals surface area contributed by atoms with Crippen molar-refractivity contribution in [1.29, 1.82) is 0 Å². The van der Waals surface area contributed by atoms with Gasteiger partial charge in [-0.2, -0.15) is 0 Å². The van der Waals surface area contributed by atoms with Gasteiger partial charge in [0.2, 0.25) is 5.91 Å². The van der Waals surface area contributed by atoms with E-state index in [1.54, 1.807) is 0 Å². The van der Waals surface area contributed by atoms with Crippen molar-refractivity contribution in [2.24, 2.45) is 5.92 Å². The van der Waals surface area contributed by atoms with Gasteiger partial charge in [0.1, 0.15) is 0 Å². The molecule has 4 nitrogen and oxygen atoms in total. The molecule has 126 valence electrons. The number of hydrogen-bond acceptors (Lipinski definition) is 3. The molecule has 2 atom stereocenters. The fraction of sp³-hybridized carbons (Fsp3) is 0.632. The van der Waals surface area contributed by atoms with Gasteiger partial charge in [-0.3, -0.25) is 9.69 Å². The van der Waals surface area contributed by atoms with Crippen LogP contribution in [-0.2, 0) is 11.3 Å². The molecular formula is C19H28N2O2. The average Bonchev–Trinajstić information content (AvgIpc) is 2.49. The van der Waals surface area contributed by atoms with E-state index in [4.69, 9.17) is 0 Å². The van der Waals surface area contributed by atoms with Crippen LogP contribution in [0, 0.1) is 5.92 Å². The highest BCUT2D eigenvalue weighted by atomic mass is 16.3. The molecule has 1 N–H and O–H groups in total. The summed E-state index contributed by atoms with van der Waals surface area (Å²) in [6.45, 7) is 2.57. The van der Waals surface area contributed by atoms with Crippen LogP contribution in [0.15, 0.2) is 30.3 Å². The Bertz CT molecular complexity index is 513. The summed E-state index contributed by atoms with van der Waals surface area (Å²) in [5.74, 6) is 0.401. The van der Waals surface area contributed by atoms with Gasteiger partial charge in [0, 0.05) is 32.1 Å². The van der Waals surface area contributed by atoms with E-state index in [9.17, 15) is 9.90 Å². The monoisotopic (exact) mass is 316 g/mol. The van der Waals surface area contributed by atoms with Crippen molar-refractivity contribution in [3.63, 3.8) is 0 Å². The van der Waals surface area contributed by atoms with Crippen molar-refractivity contribution in [1.82, 2.24) is 9.80 Å². The van der Waals surface area contributed by atoms with Crippen molar-refractivity contribution in [3.8, 4) is 0 Å². The standard InChI is InChI=1S/C19H28N2O2/c1-20(12-15-7-3-2-4-8-15)17-13-21(14-17)19(23)11-16-9-5-6-10-18(16)22/h2-4,7-8,16-18,22H,5-6,9-14H2,1H3/t16-,18+/m0/s1. The van der Waals surface area contributed by atoms with Crippen LogP contribution < -0.4 is 0 Å². The minimum absolute atomic E-state index is 0.178. The number of likely N-dealkylation sites (N-methyl/N-ethyl adjacent to an activating group) is 1. The Kier molecular flexibility index (Phi) is 5.34. The maximum absolute atomic E-state index is 12.4. The number of hydrogen-bond donors (Lipinski definition) is 1. The number of benzene rings is 1. The highest BCUT2D eigenvalue weighted by Gasteiger charge is 2.35. The second kappa shape index (κ2) is 7.45. The van der Waals surface area contributed by atoms with Crippen molar-refractivity contribution in [2.45, 2.75) is 50.8 Å². The van der Waals surface area contributed by atoms with Gasteiger partial charge in [0.15, 0.2) is 0 Å². The molecule has 0 spiro atoms. The van der Waals surface area contributed by atoms with Crippen LogP contribution in [0.1, 0.15) is 37.7 Å². The van der Waals surface area contributed by atoms with Crippen LogP contribution in [0.3, 0.4) is 0 Å². The third kappa shape index (κ3) is 4.12. The highest BCUT2D eigenvalue weighted by Crippen LogP contribution is 2.28. The molecule has 1 aliphatic heterocycles. The number of nitrogens with zero attached hydrogens (tertiary/aromatic N) is 2. The van der Waals surface area contributed by atoms with Gasteiger partial charge >= 0.3 is 0 Å². The van der Waals surface area contributed by atoms with Crippen molar-refractivity contribution in [3.05, 3.63) is 35.9 Å². The van der Waals surface area contributed by atoms with E-state index in [1.807, 2.05) is 11.0 Å². The Labute approximate surface area is 139 Å². The minimum Gasteiger partial charge on any atom is -0.393 e. The Morgan fingerprint density at radius 3 is 2.61 bits per heavy atom. The number of aliphatic hydroxyl groups excluding tert-OH is 1. The quantitative estimate of drug-likeness (QED) is 0.906. The van der Waals surface area contributed by atoms with Crippen molar-refractivity contribution >= 4 is 5.91 Å². The smallest absolute Gasteiger partial charge is 0.223 e. The van der Waals surface area contributed by atoms with E-state index in [-0.39, 0.29) is 17.9 Å². The first kappa shape index (κ1) is 16.5. The van der Waals surface area contributed by atoms with Crippen molar-refractivity contribution < 1.29 is 9.90 Å². The molecule has 0 radical (unpaired) electrons. The molecule has 23 heavy (non-hydrogen) atoms. The van der Waals surface area contributed by atoms with Gasteiger partial charge in [-0.1, -0.05) is 43.2 Å². The summed E-state index contributed by atoms with van der Waals surface area (Å²) in [6, 6.07) is 10.9. The third-order valence-corrected chi connectivity index (χ3v) is 5.42. The zero-order valence-corrected chi connectivity index (χ0v) is 14.0. The van der Waals surface area contributed by atoms with E-state index >= 15 is 0 Å². The molecule has 2 fully saturated rings. The number of amides is 1. The largest absolute Gasteiger partial charge is 0.393 e. The average molecular weight is 316 g/mol. The molecular weight excluding hydrogens is 288 g/mol. The lowest BCUT2D eigenvalue weighted by Gasteiger charge is -2.45. The lowest BCUT2D eigenvalue weighted by atomic mass is 9.84. The van der Waals surface area contributed by atoms with Gasteiger partial charge in [-0.25, -0.2) is 0 Å². The highest BCUT2D eigenvalue weighted by molar-refractivity contribution is 5.77. The Hall–Kier alpha value is -1.39. The minimum atomic E-state index is -0.273. The van der Waals surface area contributed by atoms with E-state index in [1.165, 1.54) is 5.56 Å². The van der Waals surface area contributed by atoms with Crippen LogP contribution in [0.2, 0.25) is 0 Å². The second-order valence-electron chi connectivity index (χ2n) is 7.17. The van der Waals surface area contributed by atoms with Crippen LogP contribution in [0.5, 0.6) is 0 Å². The predicted octanol–water partition coefficient (Wildman–Crippen LogP) is 2.27. The number of aliphatic hydroxyl groups is 1. The van der Waals surface area contributed by atoms with Gasteiger partial charge in [-0.15, -0.1) is 0 Å². The topological polar surface area (TPSA) is 43.8 Å². The number of likely N-dealkylation sites (tertiary alicyclic amines) is 1.